The Morgan fingerprint density at radius 3 is 2.14 bits per heavy atom. The van der Waals surface area contributed by atoms with Gasteiger partial charge in [0.05, 0.1) is 5.69 Å². The van der Waals surface area contributed by atoms with Gasteiger partial charge in [0.25, 0.3) is 0 Å². The fourth-order valence-corrected chi connectivity index (χ4v) is 3.29. The van der Waals surface area contributed by atoms with Crippen LogP contribution >= 0.6 is 0 Å². The van der Waals surface area contributed by atoms with E-state index in [1.54, 1.807) is 4.57 Å². The van der Waals surface area contributed by atoms with Crippen LogP contribution in [0.15, 0.2) is 53.3 Å². The molecule has 3 aromatic rings. The Morgan fingerprint density at radius 1 is 0.857 bits per heavy atom. The van der Waals surface area contributed by atoms with Gasteiger partial charge in [-0.15, -0.1) is 0 Å². The second-order valence-electron chi connectivity index (χ2n) is 6.53. The number of benzene rings is 2. The van der Waals surface area contributed by atoms with Crippen LogP contribution in [0.25, 0.3) is 5.69 Å². The smallest absolute Gasteiger partial charge is 0.289 e. The fraction of sp³-hybridized carbons (Fsp3) is 0.318. The molecule has 0 radical (unpaired) electrons. The predicted molar refractivity (Wildman–Crippen MR) is 113 cm³/mol. The highest BCUT2D eigenvalue weighted by molar-refractivity contribution is 5.49. The molecule has 0 aliphatic rings. The van der Waals surface area contributed by atoms with E-state index < -0.39 is 0 Å². The first-order chi connectivity index (χ1) is 13.7. The van der Waals surface area contributed by atoms with E-state index in [9.17, 15) is 4.79 Å². The SMILES string of the molecule is CCc1cccc(CC)c1-n1c(CC)nc(NNCc2ccccc2)nc1=O. The Hall–Kier alpha value is -2.99. The van der Waals surface area contributed by atoms with Gasteiger partial charge < -0.3 is 0 Å². The van der Waals surface area contributed by atoms with Crippen molar-refractivity contribution in [1.82, 2.24) is 20.0 Å². The summed E-state index contributed by atoms with van der Waals surface area (Å²) in [5, 5.41) is 0. The number of hydrogen-bond donors (Lipinski definition) is 2. The first kappa shape index (κ1) is 19.8. The number of hydrogen-bond acceptors (Lipinski definition) is 5. The molecule has 1 aromatic heterocycles. The average Bonchev–Trinajstić information content (AvgIpc) is 2.73. The summed E-state index contributed by atoms with van der Waals surface area (Å²) in [6.07, 6.45) is 2.32. The highest BCUT2D eigenvalue weighted by Gasteiger charge is 2.16. The second-order valence-corrected chi connectivity index (χ2v) is 6.53. The van der Waals surface area contributed by atoms with E-state index in [1.165, 1.54) is 0 Å². The van der Waals surface area contributed by atoms with Crippen LogP contribution in [0.5, 0.6) is 0 Å². The van der Waals surface area contributed by atoms with Gasteiger partial charge in [0.1, 0.15) is 5.82 Å². The van der Waals surface area contributed by atoms with E-state index >= 15 is 0 Å². The Kier molecular flexibility index (Phi) is 6.55. The normalized spacial score (nSPS) is 10.8. The third kappa shape index (κ3) is 4.28. The van der Waals surface area contributed by atoms with Crippen molar-refractivity contribution in [1.29, 1.82) is 0 Å². The standard InChI is InChI=1S/C22H27N5O/c1-4-17-13-10-14-18(5-2)20(17)27-19(6-3)24-21(25-22(27)28)26-23-15-16-11-8-7-9-12-16/h7-14,23H,4-6,15H2,1-3H3,(H,25,26,28). The lowest BCUT2D eigenvalue weighted by Crippen LogP contribution is -2.31. The van der Waals surface area contributed by atoms with Crippen molar-refractivity contribution >= 4 is 5.95 Å². The van der Waals surface area contributed by atoms with E-state index in [0.29, 0.717) is 24.7 Å². The number of para-hydroxylation sites is 1. The van der Waals surface area contributed by atoms with Crippen molar-refractivity contribution in [3.63, 3.8) is 0 Å². The third-order valence-electron chi connectivity index (χ3n) is 4.73. The molecular weight excluding hydrogens is 350 g/mol. The topological polar surface area (TPSA) is 71.8 Å². The molecule has 146 valence electrons. The molecule has 0 saturated carbocycles. The molecule has 0 aliphatic heterocycles. The highest BCUT2D eigenvalue weighted by atomic mass is 16.1. The van der Waals surface area contributed by atoms with Crippen LogP contribution in [0.4, 0.5) is 5.95 Å². The minimum absolute atomic E-state index is 0.293. The van der Waals surface area contributed by atoms with E-state index in [-0.39, 0.29) is 5.69 Å². The van der Waals surface area contributed by atoms with Gasteiger partial charge in [-0.25, -0.2) is 14.8 Å². The number of hydrazine groups is 1. The molecule has 3 rings (SSSR count). The maximum absolute atomic E-state index is 12.9. The van der Waals surface area contributed by atoms with Crippen LogP contribution in [0, 0.1) is 0 Å². The molecule has 6 heteroatoms. The lowest BCUT2D eigenvalue weighted by atomic mass is 10.0. The van der Waals surface area contributed by atoms with Crippen LogP contribution in [0.3, 0.4) is 0 Å². The summed E-state index contributed by atoms with van der Waals surface area (Å²) in [7, 11) is 0. The molecule has 0 aliphatic carbocycles. The largest absolute Gasteiger partial charge is 0.356 e. The molecule has 0 fully saturated rings. The molecule has 0 atom stereocenters. The Labute approximate surface area is 165 Å². The van der Waals surface area contributed by atoms with Crippen molar-refractivity contribution in [3.8, 4) is 5.69 Å². The first-order valence-corrected chi connectivity index (χ1v) is 9.81. The van der Waals surface area contributed by atoms with Gasteiger partial charge in [-0.2, -0.15) is 9.97 Å². The number of nitrogens with zero attached hydrogens (tertiary/aromatic N) is 3. The van der Waals surface area contributed by atoms with Crippen LogP contribution in [-0.4, -0.2) is 14.5 Å². The summed E-state index contributed by atoms with van der Waals surface area (Å²) in [6, 6.07) is 16.2. The Bertz CT molecular complexity index is 960. The maximum atomic E-state index is 12.9. The molecular formula is C22H27N5O. The molecule has 0 spiro atoms. The molecule has 0 saturated heterocycles. The minimum Gasteiger partial charge on any atom is -0.289 e. The molecule has 28 heavy (non-hydrogen) atoms. The van der Waals surface area contributed by atoms with Crippen molar-refractivity contribution < 1.29 is 0 Å². The zero-order valence-corrected chi connectivity index (χ0v) is 16.7. The van der Waals surface area contributed by atoms with E-state index in [1.807, 2.05) is 43.3 Å². The van der Waals surface area contributed by atoms with Crippen molar-refractivity contribution in [3.05, 3.63) is 81.5 Å². The first-order valence-electron chi connectivity index (χ1n) is 9.81. The van der Waals surface area contributed by atoms with Gasteiger partial charge in [0.2, 0.25) is 5.95 Å². The molecule has 2 aromatic carbocycles. The molecule has 1 heterocycles. The lowest BCUT2D eigenvalue weighted by Gasteiger charge is -2.18. The maximum Gasteiger partial charge on any atom is 0.356 e. The molecule has 2 N–H and O–H groups in total. The molecule has 0 unspecified atom stereocenters. The van der Waals surface area contributed by atoms with Gasteiger partial charge in [-0.05, 0) is 29.5 Å². The summed E-state index contributed by atoms with van der Waals surface area (Å²) < 4.78 is 1.67. The summed E-state index contributed by atoms with van der Waals surface area (Å²) in [5.74, 6) is 0.987. The molecule has 6 nitrogen and oxygen atoms in total. The number of aryl methyl sites for hydroxylation is 3. The van der Waals surface area contributed by atoms with Crippen LogP contribution in [0.2, 0.25) is 0 Å². The van der Waals surface area contributed by atoms with E-state index in [4.69, 9.17) is 0 Å². The van der Waals surface area contributed by atoms with Gasteiger partial charge in [0.15, 0.2) is 0 Å². The molecule has 0 amide bonds. The van der Waals surface area contributed by atoms with Gasteiger partial charge in [-0.1, -0.05) is 69.3 Å². The number of anilines is 1. The summed E-state index contributed by atoms with van der Waals surface area (Å²) in [5.41, 5.74) is 10.0. The summed E-state index contributed by atoms with van der Waals surface area (Å²) >= 11 is 0. The number of rotatable bonds is 8. The van der Waals surface area contributed by atoms with Gasteiger partial charge >= 0.3 is 5.69 Å². The quantitative estimate of drug-likeness (QED) is 0.589. The van der Waals surface area contributed by atoms with Crippen LogP contribution < -0.4 is 16.5 Å². The van der Waals surface area contributed by atoms with Crippen molar-refractivity contribution in [2.24, 2.45) is 0 Å². The molecule has 0 bridgehead atoms. The number of aromatic nitrogens is 3. The summed E-state index contributed by atoms with van der Waals surface area (Å²) in [6.45, 7) is 6.80. The Balaban J connectivity index is 1.92. The average molecular weight is 377 g/mol. The minimum atomic E-state index is -0.313. The summed E-state index contributed by atoms with van der Waals surface area (Å²) in [4.78, 5) is 21.7. The van der Waals surface area contributed by atoms with Crippen molar-refractivity contribution in [2.45, 2.75) is 46.6 Å². The highest BCUT2D eigenvalue weighted by Crippen LogP contribution is 2.21. The van der Waals surface area contributed by atoms with E-state index in [0.717, 1.165) is 35.2 Å². The number of nitrogens with one attached hydrogen (secondary N) is 2. The monoisotopic (exact) mass is 377 g/mol. The zero-order chi connectivity index (χ0) is 19.9. The second kappa shape index (κ2) is 9.28. The van der Waals surface area contributed by atoms with Gasteiger partial charge in [0, 0.05) is 13.0 Å². The predicted octanol–water partition coefficient (Wildman–Crippen LogP) is 3.43. The lowest BCUT2D eigenvalue weighted by molar-refractivity contribution is 0.729. The fourth-order valence-electron chi connectivity index (χ4n) is 3.29. The third-order valence-corrected chi connectivity index (χ3v) is 4.73. The van der Waals surface area contributed by atoms with Crippen molar-refractivity contribution in [2.75, 3.05) is 5.43 Å². The zero-order valence-electron chi connectivity index (χ0n) is 16.7. The van der Waals surface area contributed by atoms with Gasteiger partial charge in [-0.3, -0.25) is 5.43 Å². The van der Waals surface area contributed by atoms with Crippen LogP contribution in [-0.2, 0) is 25.8 Å². The van der Waals surface area contributed by atoms with Crippen LogP contribution in [0.1, 0.15) is 43.3 Å². The Morgan fingerprint density at radius 2 is 1.54 bits per heavy atom. The van der Waals surface area contributed by atoms with E-state index in [2.05, 4.69) is 46.8 Å².